The standard InChI is InChI=1S/C14H18O4/c1-4-5-6-10-13(17)11(8(2)15)7-12(9(3)16)14(10)18/h7,17-18H,4-6H2,1-3H3. The minimum atomic E-state index is -0.326. The Labute approximate surface area is 106 Å². The van der Waals surface area contributed by atoms with E-state index in [-0.39, 0.29) is 39.8 Å². The van der Waals surface area contributed by atoms with Gasteiger partial charge in [-0.05, 0) is 32.8 Å². The normalized spacial score (nSPS) is 10.4. The monoisotopic (exact) mass is 250 g/mol. The van der Waals surface area contributed by atoms with Crippen molar-refractivity contribution < 1.29 is 19.8 Å². The number of hydrogen-bond acceptors (Lipinski definition) is 4. The lowest BCUT2D eigenvalue weighted by atomic mass is 9.95. The van der Waals surface area contributed by atoms with E-state index in [0.717, 1.165) is 12.8 Å². The van der Waals surface area contributed by atoms with Crippen LogP contribution in [0.4, 0.5) is 0 Å². The van der Waals surface area contributed by atoms with Crippen LogP contribution in [0.5, 0.6) is 11.5 Å². The largest absolute Gasteiger partial charge is 0.507 e. The van der Waals surface area contributed by atoms with Crippen LogP contribution in [0, 0.1) is 0 Å². The van der Waals surface area contributed by atoms with Crippen molar-refractivity contribution in [3.05, 3.63) is 22.8 Å². The van der Waals surface area contributed by atoms with Gasteiger partial charge < -0.3 is 10.2 Å². The molecule has 0 aliphatic heterocycles. The number of Topliss-reactive ketones (excluding diaryl/α,β-unsaturated/α-hetero) is 2. The zero-order valence-electron chi connectivity index (χ0n) is 10.9. The lowest BCUT2D eigenvalue weighted by molar-refractivity contribution is 0.101. The predicted octanol–water partition coefficient (Wildman–Crippen LogP) is 2.85. The number of phenolic OH excluding ortho intramolecular Hbond substituents is 2. The SMILES string of the molecule is CCCCc1c(O)c(C(C)=O)cc(C(C)=O)c1O. The molecule has 0 aliphatic rings. The number of hydrogen-bond donors (Lipinski definition) is 2. The number of unbranched alkanes of at least 4 members (excludes halogenated alkanes) is 1. The van der Waals surface area contributed by atoms with Gasteiger partial charge in [-0.25, -0.2) is 0 Å². The van der Waals surface area contributed by atoms with Crippen LogP contribution in [-0.4, -0.2) is 21.8 Å². The summed E-state index contributed by atoms with van der Waals surface area (Å²) in [5.74, 6) is -1.07. The van der Waals surface area contributed by atoms with Crippen LogP contribution < -0.4 is 0 Å². The maximum Gasteiger partial charge on any atom is 0.163 e. The number of aromatic hydroxyl groups is 2. The lowest BCUT2D eigenvalue weighted by Gasteiger charge is -2.13. The molecule has 0 radical (unpaired) electrons. The molecule has 0 fully saturated rings. The molecule has 0 amide bonds. The average Bonchev–Trinajstić information content (AvgIpc) is 2.28. The first-order chi connectivity index (χ1) is 8.40. The maximum absolute atomic E-state index is 11.4. The first-order valence-corrected chi connectivity index (χ1v) is 5.99. The second kappa shape index (κ2) is 5.67. The molecule has 0 saturated carbocycles. The number of ketones is 2. The summed E-state index contributed by atoms with van der Waals surface area (Å²) < 4.78 is 0. The first kappa shape index (κ1) is 14.2. The van der Waals surface area contributed by atoms with Crippen LogP contribution in [0.2, 0.25) is 0 Å². The molecule has 4 nitrogen and oxygen atoms in total. The molecule has 0 saturated heterocycles. The molecular weight excluding hydrogens is 232 g/mol. The third-order valence-corrected chi connectivity index (χ3v) is 2.91. The molecule has 0 aliphatic carbocycles. The van der Waals surface area contributed by atoms with Crippen molar-refractivity contribution in [1.82, 2.24) is 0 Å². The zero-order chi connectivity index (χ0) is 13.9. The topological polar surface area (TPSA) is 74.6 Å². The number of rotatable bonds is 5. The lowest BCUT2D eigenvalue weighted by Crippen LogP contribution is -2.03. The molecular formula is C14H18O4. The molecule has 0 bridgehead atoms. The van der Waals surface area contributed by atoms with E-state index in [1.54, 1.807) is 0 Å². The Morgan fingerprint density at radius 2 is 1.50 bits per heavy atom. The van der Waals surface area contributed by atoms with Crippen molar-refractivity contribution in [2.24, 2.45) is 0 Å². The Morgan fingerprint density at radius 3 is 1.83 bits per heavy atom. The number of carbonyl (C=O) groups is 2. The van der Waals surface area contributed by atoms with Crippen LogP contribution in [-0.2, 0) is 6.42 Å². The summed E-state index contributed by atoms with van der Waals surface area (Å²) in [5, 5.41) is 20.0. The van der Waals surface area contributed by atoms with E-state index in [4.69, 9.17) is 0 Å². The second-order valence-corrected chi connectivity index (χ2v) is 4.36. The van der Waals surface area contributed by atoms with Gasteiger partial charge in [-0.1, -0.05) is 13.3 Å². The smallest absolute Gasteiger partial charge is 0.163 e. The molecule has 0 aromatic heterocycles. The summed E-state index contributed by atoms with van der Waals surface area (Å²) in [7, 11) is 0. The fourth-order valence-electron chi connectivity index (χ4n) is 1.85. The van der Waals surface area contributed by atoms with Gasteiger partial charge in [-0.3, -0.25) is 9.59 Å². The summed E-state index contributed by atoms with van der Waals surface area (Å²) in [6.07, 6.45) is 2.09. The van der Waals surface area contributed by atoms with E-state index in [0.29, 0.717) is 6.42 Å². The van der Waals surface area contributed by atoms with Crippen molar-refractivity contribution in [3.8, 4) is 11.5 Å². The number of phenols is 2. The van der Waals surface area contributed by atoms with Crippen molar-refractivity contribution in [2.75, 3.05) is 0 Å². The molecule has 1 rings (SSSR count). The molecule has 1 aromatic rings. The van der Waals surface area contributed by atoms with Crippen LogP contribution in [0.15, 0.2) is 6.07 Å². The molecule has 1 aromatic carbocycles. The summed E-state index contributed by atoms with van der Waals surface area (Å²) in [5.41, 5.74) is 0.461. The van der Waals surface area contributed by atoms with Gasteiger partial charge in [0.05, 0.1) is 11.1 Å². The Bertz CT molecular complexity index is 451. The highest BCUT2D eigenvalue weighted by molar-refractivity contribution is 6.03. The Hall–Kier alpha value is -1.84. The van der Waals surface area contributed by atoms with E-state index in [2.05, 4.69) is 0 Å². The van der Waals surface area contributed by atoms with Crippen LogP contribution in [0.3, 0.4) is 0 Å². The molecule has 98 valence electrons. The van der Waals surface area contributed by atoms with Gasteiger partial charge in [0.25, 0.3) is 0 Å². The minimum Gasteiger partial charge on any atom is -0.507 e. The highest BCUT2D eigenvalue weighted by Crippen LogP contribution is 2.35. The summed E-state index contributed by atoms with van der Waals surface area (Å²) in [6.45, 7) is 4.62. The van der Waals surface area contributed by atoms with E-state index >= 15 is 0 Å². The fourth-order valence-corrected chi connectivity index (χ4v) is 1.85. The highest BCUT2D eigenvalue weighted by atomic mass is 16.3. The van der Waals surface area contributed by atoms with E-state index in [1.807, 2.05) is 6.92 Å². The second-order valence-electron chi connectivity index (χ2n) is 4.36. The third-order valence-electron chi connectivity index (χ3n) is 2.91. The van der Waals surface area contributed by atoms with Gasteiger partial charge in [0.15, 0.2) is 11.6 Å². The number of carbonyl (C=O) groups excluding carboxylic acids is 2. The Balaban J connectivity index is 3.46. The molecule has 18 heavy (non-hydrogen) atoms. The zero-order valence-corrected chi connectivity index (χ0v) is 10.9. The average molecular weight is 250 g/mol. The van der Waals surface area contributed by atoms with Gasteiger partial charge in [0.2, 0.25) is 0 Å². The van der Waals surface area contributed by atoms with Crippen LogP contribution in [0.25, 0.3) is 0 Å². The van der Waals surface area contributed by atoms with Gasteiger partial charge in [-0.2, -0.15) is 0 Å². The molecule has 0 unspecified atom stereocenters. The minimum absolute atomic E-state index is 0.0871. The summed E-state index contributed by atoms with van der Waals surface area (Å²) in [6, 6.07) is 1.25. The predicted molar refractivity (Wildman–Crippen MR) is 68.4 cm³/mol. The quantitative estimate of drug-likeness (QED) is 0.788. The molecule has 2 N–H and O–H groups in total. The van der Waals surface area contributed by atoms with Crippen molar-refractivity contribution in [2.45, 2.75) is 40.0 Å². The van der Waals surface area contributed by atoms with Gasteiger partial charge in [-0.15, -0.1) is 0 Å². The first-order valence-electron chi connectivity index (χ1n) is 5.99. The van der Waals surface area contributed by atoms with E-state index in [9.17, 15) is 19.8 Å². The van der Waals surface area contributed by atoms with E-state index in [1.165, 1.54) is 19.9 Å². The molecule has 4 heteroatoms. The maximum atomic E-state index is 11.4. The van der Waals surface area contributed by atoms with Crippen molar-refractivity contribution >= 4 is 11.6 Å². The third kappa shape index (κ3) is 2.70. The highest BCUT2D eigenvalue weighted by Gasteiger charge is 2.20. The fraction of sp³-hybridized carbons (Fsp3) is 0.429. The van der Waals surface area contributed by atoms with Gasteiger partial charge in [0.1, 0.15) is 11.5 Å². The van der Waals surface area contributed by atoms with E-state index < -0.39 is 0 Å². The molecule has 0 atom stereocenters. The Morgan fingerprint density at radius 1 is 1.06 bits per heavy atom. The van der Waals surface area contributed by atoms with Crippen LogP contribution in [0.1, 0.15) is 59.9 Å². The van der Waals surface area contributed by atoms with Gasteiger partial charge in [0, 0.05) is 5.56 Å². The Kier molecular flexibility index (Phi) is 4.48. The molecule has 0 heterocycles. The van der Waals surface area contributed by atoms with Crippen molar-refractivity contribution in [1.29, 1.82) is 0 Å². The van der Waals surface area contributed by atoms with Crippen LogP contribution >= 0.6 is 0 Å². The molecule has 0 spiro atoms. The summed E-state index contributed by atoms with van der Waals surface area (Å²) in [4.78, 5) is 22.9. The van der Waals surface area contributed by atoms with Gasteiger partial charge >= 0.3 is 0 Å². The number of benzene rings is 1. The summed E-state index contributed by atoms with van der Waals surface area (Å²) >= 11 is 0. The van der Waals surface area contributed by atoms with Crippen molar-refractivity contribution in [3.63, 3.8) is 0 Å².